The number of carbonyl (C=O) groups is 2. The molecule has 0 amide bonds. The average molecular weight is 222 g/mol. The molecule has 2 rings (SSSR count). The minimum atomic E-state index is -0.386. The van der Waals surface area contributed by atoms with E-state index in [9.17, 15) is 9.59 Å². The fraction of sp³-hybridized carbons (Fsp3) is 0.692. The Balaban J connectivity index is 2.47. The van der Waals surface area contributed by atoms with Gasteiger partial charge in [0.1, 0.15) is 6.29 Å². The lowest BCUT2D eigenvalue weighted by molar-refractivity contribution is -0.129. The van der Waals surface area contributed by atoms with Crippen LogP contribution in [-0.4, -0.2) is 24.8 Å². The van der Waals surface area contributed by atoms with E-state index in [0.717, 1.165) is 24.7 Å². The van der Waals surface area contributed by atoms with E-state index < -0.39 is 0 Å². The van der Waals surface area contributed by atoms with Crippen LogP contribution in [0.4, 0.5) is 0 Å². The molecule has 3 nitrogen and oxygen atoms in total. The van der Waals surface area contributed by atoms with Crippen molar-refractivity contribution in [3.8, 4) is 0 Å². The highest BCUT2D eigenvalue weighted by Crippen LogP contribution is 2.50. The van der Waals surface area contributed by atoms with Gasteiger partial charge in [-0.2, -0.15) is 0 Å². The summed E-state index contributed by atoms with van der Waals surface area (Å²) in [5, 5.41) is 0. The number of hydrogen-bond acceptors (Lipinski definition) is 3. The lowest BCUT2D eigenvalue weighted by Crippen LogP contribution is -2.46. The molecule has 0 aliphatic heterocycles. The smallest absolute Gasteiger partial charge is 0.161 e. The first-order chi connectivity index (χ1) is 7.55. The topological polar surface area (TPSA) is 43.4 Å². The summed E-state index contributed by atoms with van der Waals surface area (Å²) < 4.78 is 5.64. The monoisotopic (exact) mass is 222 g/mol. The first kappa shape index (κ1) is 11.5. The van der Waals surface area contributed by atoms with Gasteiger partial charge in [-0.1, -0.05) is 6.92 Å². The molecule has 0 spiro atoms. The van der Waals surface area contributed by atoms with Crippen molar-refractivity contribution >= 4 is 12.1 Å². The van der Waals surface area contributed by atoms with E-state index in [2.05, 4.69) is 0 Å². The van der Waals surface area contributed by atoms with Crippen LogP contribution in [-0.2, 0) is 14.3 Å². The largest absolute Gasteiger partial charge is 0.374 e. The van der Waals surface area contributed by atoms with Crippen molar-refractivity contribution in [2.24, 2.45) is 17.8 Å². The number of aldehydes is 1. The number of rotatable bonds is 2. The van der Waals surface area contributed by atoms with Crippen LogP contribution in [0.5, 0.6) is 0 Å². The molecule has 0 aromatic rings. The van der Waals surface area contributed by atoms with Crippen molar-refractivity contribution in [3.05, 3.63) is 11.6 Å². The van der Waals surface area contributed by atoms with Gasteiger partial charge in [-0.3, -0.25) is 4.79 Å². The number of methoxy groups -OCH3 is 1. The summed E-state index contributed by atoms with van der Waals surface area (Å²) in [6, 6.07) is 0. The van der Waals surface area contributed by atoms with Gasteiger partial charge in [0.25, 0.3) is 0 Å². The van der Waals surface area contributed by atoms with Crippen LogP contribution < -0.4 is 0 Å². The lowest BCUT2D eigenvalue weighted by atomic mass is 9.69. The summed E-state index contributed by atoms with van der Waals surface area (Å²) in [4.78, 5) is 23.0. The zero-order chi connectivity index (χ0) is 11.9. The molecule has 88 valence electrons. The Bertz CT molecular complexity index is 358. The maximum Gasteiger partial charge on any atom is 0.161 e. The molecule has 0 aromatic carbocycles. The summed E-state index contributed by atoms with van der Waals surface area (Å²) in [6.07, 6.45) is 4.59. The minimum Gasteiger partial charge on any atom is -0.374 e. The molecule has 1 saturated carbocycles. The molecule has 0 N–H and O–H groups in total. The van der Waals surface area contributed by atoms with E-state index in [4.69, 9.17) is 4.74 Å². The molecule has 4 atom stereocenters. The van der Waals surface area contributed by atoms with Crippen LogP contribution in [0.1, 0.15) is 26.7 Å². The Morgan fingerprint density at radius 1 is 1.56 bits per heavy atom. The van der Waals surface area contributed by atoms with Gasteiger partial charge < -0.3 is 9.53 Å². The number of ketones is 1. The first-order valence-corrected chi connectivity index (χ1v) is 5.80. The molecule has 2 aliphatic rings. The summed E-state index contributed by atoms with van der Waals surface area (Å²) in [5.74, 6) is 0.0310. The second kappa shape index (κ2) is 3.81. The Morgan fingerprint density at radius 3 is 2.81 bits per heavy atom. The van der Waals surface area contributed by atoms with Gasteiger partial charge >= 0.3 is 0 Å². The normalized spacial score (nSPS) is 42.8. The number of fused-ring (bicyclic) bond motifs is 1. The number of ether oxygens (including phenoxy) is 1. The molecule has 0 radical (unpaired) electrons. The molecule has 0 saturated heterocycles. The van der Waals surface area contributed by atoms with E-state index in [-0.39, 0.29) is 29.1 Å². The quantitative estimate of drug-likeness (QED) is 0.669. The van der Waals surface area contributed by atoms with Crippen LogP contribution in [0.25, 0.3) is 0 Å². The van der Waals surface area contributed by atoms with Crippen molar-refractivity contribution in [1.29, 1.82) is 0 Å². The second-order valence-electron chi connectivity index (χ2n) is 5.00. The zero-order valence-electron chi connectivity index (χ0n) is 10.0. The maximum absolute atomic E-state index is 11.9. The predicted molar refractivity (Wildman–Crippen MR) is 59.9 cm³/mol. The van der Waals surface area contributed by atoms with Crippen molar-refractivity contribution in [2.75, 3.05) is 7.11 Å². The number of allylic oxidation sites excluding steroid dienone is 1. The highest BCUT2D eigenvalue weighted by molar-refractivity contribution is 5.98. The summed E-state index contributed by atoms with van der Waals surface area (Å²) in [7, 11) is 1.67. The number of Topliss-reactive ketones (excluding diaryl/α,β-unsaturated/α-hetero) is 1. The molecular weight excluding hydrogens is 204 g/mol. The van der Waals surface area contributed by atoms with E-state index in [1.807, 2.05) is 19.9 Å². The van der Waals surface area contributed by atoms with Gasteiger partial charge in [-0.25, -0.2) is 0 Å². The molecule has 2 unspecified atom stereocenters. The predicted octanol–water partition coefficient (Wildman–Crippen LogP) is 1.76. The molecule has 1 fully saturated rings. The van der Waals surface area contributed by atoms with Crippen molar-refractivity contribution in [1.82, 2.24) is 0 Å². The third kappa shape index (κ3) is 1.38. The van der Waals surface area contributed by atoms with Crippen molar-refractivity contribution in [3.63, 3.8) is 0 Å². The van der Waals surface area contributed by atoms with Gasteiger partial charge in [0, 0.05) is 24.9 Å². The molecule has 0 aromatic heterocycles. The van der Waals surface area contributed by atoms with Crippen molar-refractivity contribution in [2.45, 2.75) is 32.3 Å². The zero-order valence-corrected chi connectivity index (χ0v) is 10.0. The molecule has 0 heterocycles. The van der Waals surface area contributed by atoms with Crippen LogP contribution in [0, 0.1) is 17.8 Å². The first-order valence-electron chi connectivity index (χ1n) is 5.80. The Morgan fingerprint density at radius 2 is 2.25 bits per heavy atom. The molecule has 16 heavy (non-hydrogen) atoms. The van der Waals surface area contributed by atoms with E-state index in [0.29, 0.717) is 0 Å². The maximum atomic E-state index is 11.9. The summed E-state index contributed by atoms with van der Waals surface area (Å²) in [5.41, 5.74) is 0.389. The summed E-state index contributed by atoms with van der Waals surface area (Å²) >= 11 is 0. The molecule has 2 aliphatic carbocycles. The third-order valence-corrected chi connectivity index (χ3v) is 4.25. The Kier molecular flexibility index (Phi) is 2.74. The Labute approximate surface area is 95.9 Å². The van der Waals surface area contributed by atoms with Gasteiger partial charge in [-0.05, 0) is 31.4 Å². The summed E-state index contributed by atoms with van der Waals surface area (Å²) in [6.45, 7) is 3.75. The van der Waals surface area contributed by atoms with E-state index in [1.54, 1.807) is 7.11 Å². The van der Waals surface area contributed by atoms with Gasteiger partial charge in [-0.15, -0.1) is 0 Å². The van der Waals surface area contributed by atoms with Gasteiger partial charge in [0.05, 0.1) is 5.60 Å². The lowest BCUT2D eigenvalue weighted by Gasteiger charge is -2.40. The van der Waals surface area contributed by atoms with Crippen molar-refractivity contribution < 1.29 is 14.3 Å². The SMILES string of the molecule is CO[C@]12C=C(C)C(=O)C(C)[C@H]1C(C=O)CC2. The third-order valence-electron chi connectivity index (χ3n) is 4.25. The standard InChI is InChI=1S/C13H18O3/c1-8-6-13(16-3)5-4-10(7-14)11(13)9(2)12(8)15/h6-7,9-11H,4-5H2,1-3H3/t9?,10?,11-,13+/m0/s1. The molecule has 3 heteroatoms. The second-order valence-corrected chi connectivity index (χ2v) is 5.00. The van der Waals surface area contributed by atoms with Gasteiger partial charge in [0.2, 0.25) is 0 Å². The van der Waals surface area contributed by atoms with Crippen LogP contribution >= 0.6 is 0 Å². The fourth-order valence-electron chi connectivity index (χ4n) is 3.47. The fourth-order valence-corrected chi connectivity index (χ4v) is 3.47. The van der Waals surface area contributed by atoms with Crippen LogP contribution in [0.15, 0.2) is 11.6 Å². The number of hydrogen-bond donors (Lipinski definition) is 0. The Hall–Kier alpha value is -0.960. The molecular formula is C13H18O3. The molecule has 0 bridgehead atoms. The number of carbonyl (C=O) groups excluding carboxylic acids is 2. The highest BCUT2D eigenvalue weighted by Gasteiger charge is 2.54. The van der Waals surface area contributed by atoms with Crippen LogP contribution in [0.2, 0.25) is 0 Å². The van der Waals surface area contributed by atoms with E-state index >= 15 is 0 Å². The average Bonchev–Trinajstić information content (AvgIpc) is 2.65. The van der Waals surface area contributed by atoms with Gasteiger partial charge in [0.15, 0.2) is 5.78 Å². The minimum absolute atomic E-state index is 0.0196. The highest BCUT2D eigenvalue weighted by atomic mass is 16.5. The van der Waals surface area contributed by atoms with E-state index in [1.165, 1.54) is 0 Å². The van der Waals surface area contributed by atoms with Crippen LogP contribution in [0.3, 0.4) is 0 Å².